The lowest BCUT2D eigenvalue weighted by Crippen LogP contribution is -2.20. The van der Waals surface area contributed by atoms with Gasteiger partial charge in [-0.3, -0.25) is 4.68 Å². The van der Waals surface area contributed by atoms with Crippen molar-refractivity contribution in [3.63, 3.8) is 0 Å². The topological polar surface area (TPSA) is 61.2 Å². The fraction of sp³-hybridized carbons (Fsp3) is 0.429. The Morgan fingerprint density at radius 1 is 1.33 bits per heavy atom. The number of nitrogens with one attached hydrogen (secondary N) is 1. The maximum atomic E-state index is 5.82. The third-order valence-corrected chi connectivity index (χ3v) is 4.79. The van der Waals surface area contributed by atoms with Crippen LogP contribution in [0.1, 0.15) is 33.2 Å². The zero-order valence-electron chi connectivity index (χ0n) is 16.1. The number of hydrogen-bond acceptors (Lipinski definition) is 5. The van der Waals surface area contributed by atoms with Gasteiger partial charge in [-0.2, -0.15) is 5.10 Å². The van der Waals surface area contributed by atoms with E-state index in [1.54, 1.807) is 0 Å². The number of hydrogen-bond donors (Lipinski definition) is 1. The number of anilines is 1. The van der Waals surface area contributed by atoms with Gasteiger partial charge in [0, 0.05) is 18.2 Å². The van der Waals surface area contributed by atoms with E-state index in [0.29, 0.717) is 12.6 Å². The number of fused-ring (bicyclic) bond motifs is 1. The van der Waals surface area contributed by atoms with Crippen molar-refractivity contribution in [2.45, 2.75) is 39.3 Å². The van der Waals surface area contributed by atoms with Crippen LogP contribution in [0.2, 0.25) is 0 Å². The van der Waals surface area contributed by atoms with E-state index in [0.717, 1.165) is 53.4 Å². The van der Waals surface area contributed by atoms with Crippen LogP contribution in [0.25, 0.3) is 22.3 Å². The first-order valence-electron chi connectivity index (χ1n) is 9.62. The van der Waals surface area contributed by atoms with Crippen molar-refractivity contribution >= 4 is 16.7 Å². The summed E-state index contributed by atoms with van der Waals surface area (Å²) in [4.78, 5) is 4.89. The predicted octanol–water partition coefficient (Wildman–Crippen LogP) is 4.28. The normalized spacial score (nSPS) is 17.0. The van der Waals surface area contributed by atoms with Crippen molar-refractivity contribution < 1.29 is 9.47 Å². The van der Waals surface area contributed by atoms with Crippen LogP contribution < -0.4 is 10.1 Å². The van der Waals surface area contributed by atoms with Gasteiger partial charge in [0.25, 0.3) is 0 Å². The molecule has 0 amide bonds. The number of aromatic nitrogens is 3. The van der Waals surface area contributed by atoms with E-state index < -0.39 is 0 Å². The van der Waals surface area contributed by atoms with Crippen LogP contribution in [0, 0.1) is 0 Å². The molecule has 1 aromatic carbocycles. The number of benzene rings is 1. The summed E-state index contributed by atoms with van der Waals surface area (Å²) in [6.45, 7) is 8.41. The van der Waals surface area contributed by atoms with Crippen LogP contribution in [0.4, 0.5) is 5.69 Å². The molecule has 0 aliphatic carbocycles. The largest absolute Gasteiger partial charge is 0.493 e. The van der Waals surface area contributed by atoms with Gasteiger partial charge in [0.2, 0.25) is 0 Å². The quantitative estimate of drug-likeness (QED) is 0.706. The third-order valence-electron chi connectivity index (χ3n) is 4.79. The summed E-state index contributed by atoms with van der Waals surface area (Å²) in [7, 11) is 0. The van der Waals surface area contributed by atoms with Gasteiger partial charge < -0.3 is 14.8 Å². The summed E-state index contributed by atoms with van der Waals surface area (Å²) in [5.74, 6) is 0.846. The van der Waals surface area contributed by atoms with E-state index in [-0.39, 0.29) is 6.04 Å². The Morgan fingerprint density at radius 2 is 2.19 bits per heavy atom. The van der Waals surface area contributed by atoms with Crippen LogP contribution in [0.5, 0.6) is 5.75 Å². The molecule has 4 rings (SSSR count). The Bertz CT molecular complexity index is 929. The van der Waals surface area contributed by atoms with E-state index >= 15 is 0 Å². The number of nitrogens with zero attached hydrogens (tertiary/aromatic N) is 3. The zero-order chi connectivity index (χ0) is 18.8. The first kappa shape index (κ1) is 17.8. The second kappa shape index (κ2) is 7.56. The average Bonchev–Trinajstić information content (AvgIpc) is 3.32. The molecule has 1 saturated heterocycles. The molecule has 0 bridgehead atoms. The molecule has 1 aliphatic heterocycles. The van der Waals surface area contributed by atoms with Gasteiger partial charge in [0.15, 0.2) is 0 Å². The summed E-state index contributed by atoms with van der Waals surface area (Å²) in [6.07, 6.45) is 2.85. The summed E-state index contributed by atoms with van der Waals surface area (Å²) in [6, 6.07) is 10.7. The monoisotopic (exact) mass is 366 g/mol. The molecule has 27 heavy (non-hydrogen) atoms. The van der Waals surface area contributed by atoms with Gasteiger partial charge in [-0.15, -0.1) is 0 Å². The van der Waals surface area contributed by atoms with Crippen molar-refractivity contribution in [1.29, 1.82) is 0 Å². The van der Waals surface area contributed by atoms with Crippen molar-refractivity contribution in [3.8, 4) is 17.0 Å². The minimum atomic E-state index is 0.256. The molecule has 0 spiro atoms. The van der Waals surface area contributed by atoms with Crippen molar-refractivity contribution in [2.75, 3.05) is 25.1 Å². The Kier molecular flexibility index (Phi) is 4.99. The summed E-state index contributed by atoms with van der Waals surface area (Å²) >= 11 is 0. The van der Waals surface area contributed by atoms with E-state index in [9.17, 15) is 0 Å². The highest BCUT2D eigenvalue weighted by Crippen LogP contribution is 2.34. The fourth-order valence-corrected chi connectivity index (χ4v) is 3.53. The van der Waals surface area contributed by atoms with E-state index in [1.807, 2.05) is 36.0 Å². The van der Waals surface area contributed by atoms with Gasteiger partial charge in [-0.05, 0) is 45.4 Å². The molecular weight excluding hydrogens is 340 g/mol. The predicted molar refractivity (Wildman–Crippen MR) is 107 cm³/mol. The van der Waals surface area contributed by atoms with E-state index in [2.05, 4.69) is 36.4 Å². The number of pyridine rings is 1. The van der Waals surface area contributed by atoms with Crippen LogP contribution in [0.15, 0.2) is 36.5 Å². The lowest BCUT2D eigenvalue weighted by atomic mass is 10.1. The van der Waals surface area contributed by atoms with Crippen LogP contribution >= 0.6 is 0 Å². The van der Waals surface area contributed by atoms with Gasteiger partial charge in [-0.1, -0.05) is 12.1 Å². The molecule has 1 unspecified atom stereocenters. The highest BCUT2D eigenvalue weighted by atomic mass is 16.5. The van der Waals surface area contributed by atoms with E-state index in [1.165, 1.54) is 0 Å². The summed E-state index contributed by atoms with van der Waals surface area (Å²) in [5, 5.41) is 8.24. The second-order valence-corrected chi connectivity index (χ2v) is 7.11. The molecule has 0 saturated carbocycles. The zero-order valence-corrected chi connectivity index (χ0v) is 16.1. The Hall–Kier alpha value is -2.60. The first-order chi connectivity index (χ1) is 13.2. The van der Waals surface area contributed by atoms with Gasteiger partial charge >= 0.3 is 0 Å². The minimum absolute atomic E-state index is 0.256. The molecule has 6 nitrogen and oxygen atoms in total. The number of rotatable bonds is 6. The Balaban J connectivity index is 1.85. The molecule has 1 N–H and O–H groups in total. The molecule has 3 heterocycles. The van der Waals surface area contributed by atoms with Gasteiger partial charge in [0.1, 0.15) is 16.8 Å². The molecule has 1 fully saturated rings. The standard InChI is InChI=1S/C21H26N4O2/c1-4-27-20-8-6-5-7-16(20)17-11-18(23-15-9-10-26-13-15)21-19(24-17)12-22-25(21)14(2)3/h5-8,11-12,14-15H,4,9-10,13H2,1-3H3,(H,23,24). The fourth-order valence-electron chi connectivity index (χ4n) is 3.53. The summed E-state index contributed by atoms with van der Waals surface area (Å²) in [5.41, 5.74) is 4.84. The smallest absolute Gasteiger partial charge is 0.128 e. The highest BCUT2D eigenvalue weighted by molar-refractivity contribution is 5.91. The second-order valence-electron chi connectivity index (χ2n) is 7.11. The van der Waals surface area contributed by atoms with Crippen molar-refractivity contribution in [1.82, 2.24) is 14.8 Å². The maximum absolute atomic E-state index is 5.82. The molecule has 0 radical (unpaired) electrons. The lowest BCUT2D eigenvalue weighted by Gasteiger charge is -2.18. The lowest BCUT2D eigenvalue weighted by molar-refractivity contribution is 0.195. The van der Waals surface area contributed by atoms with E-state index in [4.69, 9.17) is 14.5 Å². The molecule has 142 valence electrons. The molecule has 2 aromatic heterocycles. The van der Waals surface area contributed by atoms with Crippen LogP contribution in [-0.2, 0) is 4.74 Å². The van der Waals surface area contributed by atoms with Crippen LogP contribution in [0.3, 0.4) is 0 Å². The maximum Gasteiger partial charge on any atom is 0.128 e. The van der Waals surface area contributed by atoms with Gasteiger partial charge in [-0.25, -0.2) is 4.98 Å². The Labute approximate surface area is 159 Å². The first-order valence-corrected chi connectivity index (χ1v) is 9.62. The SMILES string of the molecule is CCOc1ccccc1-c1cc(NC2CCOC2)c2c(cnn2C(C)C)n1. The third kappa shape index (κ3) is 3.49. The molecule has 1 atom stereocenters. The van der Waals surface area contributed by atoms with Crippen molar-refractivity contribution in [2.24, 2.45) is 0 Å². The Morgan fingerprint density at radius 3 is 2.93 bits per heavy atom. The molecule has 6 heteroatoms. The van der Waals surface area contributed by atoms with Gasteiger partial charge in [0.05, 0.1) is 36.8 Å². The molecule has 3 aromatic rings. The molecule has 1 aliphatic rings. The molecular formula is C21H26N4O2. The number of ether oxygens (including phenoxy) is 2. The van der Waals surface area contributed by atoms with Crippen molar-refractivity contribution in [3.05, 3.63) is 36.5 Å². The number of para-hydroxylation sites is 1. The highest BCUT2D eigenvalue weighted by Gasteiger charge is 2.21. The average molecular weight is 366 g/mol. The van der Waals surface area contributed by atoms with Crippen LogP contribution in [-0.4, -0.2) is 40.6 Å². The summed E-state index contributed by atoms with van der Waals surface area (Å²) < 4.78 is 13.4. The minimum Gasteiger partial charge on any atom is -0.493 e.